The molecule has 1 aliphatic carbocycles. The summed E-state index contributed by atoms with van der Waals surface area (Å²) in [5, 5.41) is 11.8. The number of hydrogen-bond donors (Lipinski definition) is 1. The Morgan fingerprint density at radius 3 is 3.00 bits per heavy atom. The minimum Gasteiger partial charge on any atom is -0.372 e. The standard InChI is InChI=1S/C12H20N4O/c1-9(2)16-10(8-14-15-16)11-12(4-3-5-12)17-7-6-13-11/h8-9,11,13H,3-7H2,1-2H3. The summed E-state index contributed by atoms with van der Waals surface area (Å²) in [6.07, 6.45) is 5.44. The van der Waals surface area contributed by atoms with E-state index in [-0.39, 0.29) is 11.6 Å². The predicted molar refractivity (Wildman–Crippen MR) is 63.7 cm³/mol. The lowest BCUT2D eigenvalue weighted by atomic mass is 9.72. The van der Waals surface area contributed by atoms with Crippen LogP contribution in [-0.4, -0.2) is 33.7 Å². The van der Waals surface area contributed by atoms with Crippen molar-refractivity contribution in [3.8, 4) is 0 Å². The normalized spacial score (nSPS) is 27.4. The van der Waals surface area contributed by atoms with E-state index >= 15 is 0 Å². The lowest BCUT2D eigenvalue weighted by Gasteiger charge is -2.50. The Kier molecular flexibility index (Phi) is 2.67. The molecule has 0 bridgehead atoms. The van der Waals surface area contributed by atoms with E-state index in [4.69, 9.17) is 4.74 Å². The molecule has 2 aliphatic rings. The van der Waals surface area contributed by atoms with Crippen molar-refractivity contribution in [2.24, 2.45) is 0 Å². The van der Waals surface area contributed by atoms with Crippen LogP contribution in [0.15, 0.2) is 6.20 Å². The van der Waals surface area contributed by atoms with Gasteiger partial charge in [-0.15, -0.1) is 5.10 Å². The molecule has 1 aromatic heterocycles. The van der Waals surface area contributed by atoms with Gasteiger partial charge in [0.15, 0.2) is 0 Å². The van der Waals surface area contributed by atoms with Crippen molar-refractivity contribution in [3.05, 3.63) is 11.9 Å². The Bertz CT molecular complexity index is 397. The highest BCUT2D eigenvalue weighted by molar-refractivity contribution is 5.15. The predicted octanol–water partition coefficient (Wildman–Crippen LogP) is 1.44. The lowest BCUT2D eigenvalue weighted by Crippen LogP contribution is -2.56. The number of ether oxygens (including phenoxy) is 1. The first-order valence-corrected chi connectivity index (χ1v) is 6.50. The van der Waals surface area contributed by atoms with E-state index in [1.54, 1.807) is 0 Å². The second kappa shape index (κ2) is 4.07. The van der Waals surface area contributed by atoms with Crippen LogP contribution in [0, 0.1) is 0 Å². The van der Waals surface area contributed by atoms with Crippen molar-refractivity contribution >= 4 is 0 Å². The molecule has 0 aromatic carbocycles. The smallest absolute Gasteiger partial charge is 0.0892 e. The summed E-state index contributed by atoms with van der Waals surface area (Å²) in [5.41, 5.74) is 1.17. The highest BCUT2D eigenvalue weighted by Gasteiger charge is 2.49. The van der Waals surface area contributed by atoms with E-state index in [2.05, 4.69) is 29.5 Å². The molecular weight excluding hydrogens is 216 g/mol. The molecule has 0 amide bonds. The Morgan fingerprint density at radius 1 is 1.53 bits per heavy atom. The first-order chi connectivity index (χ1) is 8.23. The molecule has 1 N–H and O–H groups in total. The highest BCUT2D eigenvalue weighted by Crippen LogP contribution is 2.46. The molecule has 2 fully saturated rings. The maximum Gasteiger partial charge on any atom is 0.0892 e. The molecule has 2 heterocycles. The second-order valence-electron chi connectivity index (χ2n) is 5.35. The SMILES string of the molecule is CC(C)n1nncc1C1NCCOC12CCC2. The van der Waals surface area contributed by atoms with Crippen LogP contribution in [0.4, 0.5) is 0 Å². The van der Waals surface area contributed by atoms with Gasteiger partial charge in [0.25, 0.3) is 0 Å². The quantitative estimate of drug-likeness (QED) is 0.844. The number of aromatic nitrogens is 3. The molecule has 1 aliphatic heterocycles. The largest absolute Gasteiger partial charge is 0.372 e. The van der Waals surface area contributed by atoms with Crippen LogP contribution in [0.2, 0.25) is 0 Å². The highest BCUT2D eigenvalue weighted by atomic mass is 16.5. The summed E-state index contributed by atoms with van der Waals surface area (Å²) in [7, 11) is 0. The zero-order chi connectivity index (χ0) is 11.9. The fourth-order valence-electron chi connectivity index (χ4n) is 2.92. The average Bonchev–Trinajstić information content (AvgIpc) is 2.75. The molecule has 1 unspecified atom stereocenters. The summed E-state index contributed by atoms with van der Waals surface area (Å²) in [4.78, 5) is 0. The van der Waals surface area contributed by atoms with Gasteiger partial charge in [0.1, 0.15) is 0 Å². The molecule has 3 rings (SSSR count). The molecular formula is C12H20N4O. The third-order valence-corrected chi connectivity index (χ3v) is 3.95. The first kappa shape index (κ1) is 11.2. The Hall–Kier alpha value is -0.940. The zero-order valence-electron chi connectivity index (χ0n) is 10.5. The Balaban J connectivity index is 1.93. The molecule has 0 radical (unpaired) electrons. The topological polar surface area (TPSA) is 52.0 Å². The minimum absolute atomic E-state index is 0.00655. The van der Waals surface area contributed by atoms with Crippen LogP contribution < -0.4 is 5.32 Å². The van der Waals surface area contributed by atoms with Gasteiger partial charge in [-0.1, -0.05) is 5.21 Å². The molecule has 5 nitrogen and oxygen atoms in total. The maximum absolute atomic E-state index is 6.04. The van der Waals surface area contributed by atoms with Crippen molar-refractivity contribution in [1.82, 2.24) is 20.3 Å². The van der Waals surface area contributed by atoms with Gasteiger partial charge in [0.05, 0.1) is 30.1 Å². The van der Waals surface area contributed by atoms with Crippen LogP contribution in [0.25, 0.3) is 0 Å². The number of nitrogens with zero attached hydrogens (tertiary/aromatic N) is 3. The number of nitrogens with one attached hydrogen (secondary N) is 1. The number of rotatable bonds is 2. The summed E-state index contributed by atoms with van der Waals surface area (Å²) >= 11 is 0. The molecule has 17 heavy (non-hydrogen) atoms. The van der Waals surface area contributed by atoms with Gasteiger partial charge in [-0.2, -0.15) is 0 Å². The van der Waals surface area contributed by atoms with Gasteiger partial charge >= 0.3 is 0 Å². The second-order valence-corrected chi connectivity index (χ2v) is 5.35. The van der Waals surface area contributed by atoms with Gasteiger partial charge in [-0.05, 0) is 33.1 Å². The molecule has 1 atom stereocenters. The van der Waals surface area contributed by atoms with E-state index < -0.39 is 0 Å². The van der Waals surface area contributed by atoms with Crippen LogP contribution in [0.5, 0.6) is 0 Å². The van der Waals surface area contributed by atoms with Crippen molar-refractivity contribution < 1.29 is 4.74 Å². The third-order valence-electron chi connectivity index (χ3n) is 3.95. The van der Waals surface area contributed by atoms with E-state index in [0.29, 0.717) is 6.04 Å². The zero-order valence-corrected chi connectivity index (χ0v) is 10.5. The Labute approximate surface area is 102 Å². The van der Waals surface area contributed by atoms with E-state index in [9.17, 15) is 0 Å². The van der Waals surface area contributed by atoms with Crippen LogP contribution in [-0.2, 0) is 4.74 Å². The molecule has 1 saturated heterocycles. The summed E-state index contributed by atoms with van der Waals surface area (Å²) in [6.45, 7) is 6.00. The molecule has 1 aromatic rings. The van der Waals surface area contributed by atoms with Crippen LogP contribution in [0.1, 0.15) is 50.9 Å². The fourth-order valence-corrected chi connectivity index (χ4v) is 2.92. The summed E-state index contributed by atoms with van der Waals surface area (Å²) in [5.74, 6) is 0. The number of hydrogen-bond acceptors (Lipinski definition) is 4. The van der Waals surface area contributed by atoms with Crippen molar-refractivity contribution in [2.75, 3.05) is 13.2 Å². The maximum atomic E-state index is 6.04. The minimum atomic E-state index is 0.00655. The first-order valence-electron chi connectivity index (χ1n) is 6.50. The van der Waals surface area contributed by atoms with Gasteiger partial charge < -0.3 is 10.1 Å². The third kappa shape index (κ3) is 1.68. The van der Waals surface area contributed by atoms with E-state index in [1.807, 2.05) is 10.9 Å². The monoisotopic (exact) mass is 236 g/mol. The van der Waals surface area contributed by atoms with Gasteiger partial charge in [0, 0.05) is 12.6 Å². The molecule has 1 spiro atoms. The van der Waals surface area contributed by atoms with Crippen molar-refractivity contribution in [2.45, 2.75) is 50.8 Å². The van der Waals surface area contributed by atoms with Crippen LogP contribution in [0.3, 0.4) is 0 Å². The summed E-state index contributed by atoms with van der Waals surface area (Å²) in [6, 6.07) is 0.593. The average molecular weight is 236 g/mol. The van der Waals surface area contributed by atoms with Gasteiger partial charge in [0.2, 0.25) is 0 Å². The molecule has 94 valence electrons. The van der Waals surface area contributed by atoms with Crippen molar-refractivity contribution in [3.63, 3.8) is 0 Å². The summed E-state index contributed by atoms with van der Waals surface area (Å²) < 4.78 is 8.05. The van der Waals surface area contributed by atoms with Crippen LogP contribution >= 0.6 is 0 Å². The molecule has 1 saturated carbocycles. The van der Waals surface area contributed by atoms with Crippen molar-refractivity contribution in [1.29, 1.82) is 0 Å². The Morgan fingerprint density at radius 2 is 2.35 bits per heavy atom. The van der Waals surface area contributed by atoms with E-state index in [0.717, 1.165) is 26.0 Å². The van der Waals surface area contributed by atoms with E-state index in [1.165, 1.54) is 12.1 Å². The number of morpholine rings is 1. The lowest BCUT2D eigenvalue weighted by molar-refractivity contribution is -0.147. The van der Waals surface area contributed by atoms with Gasteiger partial charge in [-0.3, -0.25) is 0 Å². The molecule has 5 heteroatoms. The van der Waals surface area contributed by atoms with Gasteiger partial charge in [-0.25, -0.2) is 4.68 Å². The fraction of sp³-hybridized carbons (Fsp3) is 0.833.